The first-order chi connectivity index (χ1) is 8.69. The van der Waals surface area contributed by atoms with Crippen molar-refractivity contribution in [2.24, 2.45) is 0 Å². The molecule has 0 aliphatic rings. The van der Waals surface area contributed by atoms with Gasteiger partial charge in [0.05, 0.1) is 6.10 Å². The largest absolute Gasteiger partial charge is 0.387 e. The fourth-order valence-electron chi connectivity index (χ4n) is 1.65. The molecule has 0 bridgehead atoms. The van der Waals surface area contributed by atoms with Gasteiger partial charge in [-0.05, 0) is 12.5 Å². The van der Waals surface area contributed by atoms with E-state index in [1.807, 2.05) is 38.1 Å². The van der Waals surface area contributed by atoms with Crippen molar-refractivity contribution in [2.75, 3.05) is 11.9 Å². The van der Waals surface area contributed by atoms with E-state index in [0.717, 1.165) is 28.5 Å². The maximum absolute atomic E-state index is 10.1. The number of aliphatic hydroxyl groups excluding tert-OH is 1. The highest BCUT2D eigenvalue weighted by molar-refractivity contribution is 7.09. The second-order valence-corrected chi connectivity index (χ2v) is 4.93. The summed E-state index contributed by atoms with van der Waals surface area (Å²) in [7, 11) is 0. The molecule has 0 fully saturated rings. The molecule has 1 aromatic carbocycles. The minimum absolute atomic E-state index is 0.446. The predicted octanol–water partition coefficient (Wildman–Crippen LogP) is 2.55. The molecule has 2 rings (SSSR count). The number of benzene rings is 1. The number of aryl methyl sites for hydroxylation is 2. The number of hydrogen-bond donors (Lipinski definition) is 2. The summed E-state index contributed by atoms with van der Waals surface area (Å²) in [5, 5.41) is 13.9. The molecule has 1 aromatic heterocycles. The number of anilines is 1. The van der Waals surface area contributed by atoms with E-state index in [2.05, 4.69) is 14.7 Å². The maximum atomic E-state index is 10.1. The van der Waals surface area contributed by atoms with Gasteiger partial charge in [0.1, 0.15) is 5.82 Å². The molecule has 4 nitrogen and oxygen atoms in total. The van der Waals surface area contributed by atoms with Crippen molar-refractivity contribution < 1.29 is 5.11 Å². The maximum Gasteiger partial charge on any atom is 0.202 e. The Morgan fingerprint density at radius 2 is 2.28 bits per heavy atom. The highest BCUT2D eigenvalue weighted by atomic mass is 32.1. The molecule has 96 valence electrons. The average Bonchev–Trinajstić information content (AvgIpc) is 2.84. The van der Waals surface area contributed by atoms with Crippen LogP contribution in [0.2, 0.25) is 0 Å². The quantitative estimate of drug-likeness (QED) is 0.870. The zero-order valence-electron chi connectivity index (χ0n) is 10.6. The summed E-state index contributed by atoms with van der Waals surface area (Å²) in [6.07, 6.45) is 0.303. The van der Waals surface area contributed by atoms with Crippen LogP contribution in [0.3, 0.4) is 0 Å². The Bertz CT molecular complexity index is 512. The van der Waals surface area contributed by atoms with Crippen molar-refractivity contribution in [3.8, 4) is 0 Å². The lowest BCUT2D eigenvalue weighted by atomic mass is 10.1. The van der Waals surface area contributed by atoms with E-state index in [1.165, 1.54) is 11.5 Å². The fraction of sp³-hybridized carbons (Fsp3) is 0.385. The summed E-state index contributed by atoms with van der Waals surface area (Å²) < 4.78 is 4.19. The van der Waals surface area contributed by atoms with E-state index >= 15 is 0 Å². The van der Waals surface area contributed by atoms with Gasteiger partial charge in [0.25, 0.3) is 0 Å². The Hall–Kier alpha value is -1.46. The zero-order valence-corrected chi connectivity index (χ0v) is 11.4. The molecule has 0 saturated heterocycles. The molecule has 18 heavy (non-hydrogen) atoms. The van der Waals surface area contributed by atoms with E-state index in [1.54, 1.807) is 0 Å². The van der Waals surface area contributed by atoms with Gasteiger partial charge in [0.15, 0.2) is 0 Å². The Kier molecular flexibility index (Phi) is 4.28. The standard InChI is InChI=1S/C13H17N3OS/c1-3-12-15-13(18-16-12)14-8-11(17)10-6-4-5-9(2)7-10/h4-7,11,17H,3,8H2,1-2H3,(H,14,15,16). The summed E-state index contributed by atoms with van der Waals surface area (Å²) in [5.41, 5.74) is 2.07. The zero-order chi connectivity index (χ0) is 13.0. The first kappa shape index (κ1) is 13.0. The average molecular weight is 263 g/mol. The van der Waals surface area contributed by atoms with Crippen molar-refractivity contribution in [3.63, 3.8) is 0 Å². The number of nitrogens with zero attached hydrogens (tertiary/aromatic N) is 2. The van der Waals surface area contributed by atoms with E-state index in [-0.39, 0.29) is 0 Å². The van der Waals surface area contributed by atoms with Gasteiger partial charge in [-0.3, -0.25) is 0 Å². The minimum atomic E-state index is -0.529. The summed E-state index contributed by atoms with van der Waals surface area (Å²) >= 11 is 1.33. The molecule has 1 heterocycles. The second kappa shape index (κ2) is 5.93. The first-order valence-corrected chi connectivity index (χ1v) is 6.77. The van der Waals surface area contributed by atoms with Crippen LogP contribution in [0.5, 0.6) is 0 Å². The van der Waals surface area contributed by atoms with Gasteiger partial charge in [-0.25, -0.2) is 4.98 Å². The van der Waals surface area contributed by atoms with Crippen LogP contribution in [-0.4, -0.2) is 21.0 Å². The lowest BCUT2D eigenvalue weighted by molar-refractivity contribution is 0.191. The van der Waals surface area contributed by atoms with Gasteiger partial charge in [0, 0.05) is 24.5 Å². The molecule has 0 spiro atoms. The van der Waals surface area contributed by atoms with Crippen LogP contribution < -0.4 is 5.32 Å². The Labute approximate surface area is 111 Å². The molecule has 2 N–H and O–H groups in total. The molecule has 0 aliphatic heterocycles. The van der Waals surface area contributed by atoms with Gasteiger partial charge in [0.2, 0.25) is 5.13 Å². The summed E-state index contributed by atoms with van der Waals surface area (Å²) in [5.74, 6) is 0.840. The molecular formula is C13H17N3OS. The van der Waals surface area contributed by atoms with Crippen LogP contribution in [0, 0.1) is 6.92 Å². The van der Waals surface area contributed by atoms with Gasteiger partial charge < -0.3 is 10.4 Å². The van der Waals surface area contributed by atoms with Crippen molar-refractivity contribution in [1.29, 1.82) is 0 Å². The van der Waals surface area contributed by atoms with Crippen molar-refractivity contribution in [3.05, 3.63) is 41.2 Å². The number of hydrogen-bond acceptors (Lipinski definition) is 5. The van der Waals surface area contributed by atoms with Crippen LogP contribution in [0.15, 0.2) is 24.3 Å². The Morgan fingerprint density at radius 1 is 1.44 bits per heavy atom. The first-order valence-electron chi connectivity index (χ1n) is 6.00. The van der Waals surface area contributed by atoms with Gasteiger partial charge in [-0.1, -0.05) is 36.8 Å². The molecule has 0 saturated carbocycles. The lowest BCUT2D eigenvalue weighted by Gasteiger charge is -2.11. The fourth-order valence-corrected chi connectivity index (χ4v) is 2.30. The highest BCUT2D eigenvalue weighted by Crippen LogP contribution is 2.17. The third-order valence-electron chi connectivity index (χ3n) is 2.66. The van der Waals surface area contributed by atoms with Crippen LogP contribution in [0.1, 0.15) is 30.0 Å². The second-order valence-electron chi connectivity index (χ2n) is 4.18. The third kappa shape index (κ3) is 3.27. The SMILES string of the molecule is CCc1nsc(NCC(O)c2cccc(C)c2)n1. The molecule has 0 aliphatic carbocycles. The monoisotopic (exact) mass is 263 g/mol. The van der Waals surface area contributed by atoms with Crippen LogP contribution in [-0.2, 0) is 6.42 Å². The van der Waals surface area contributed by atoms with E-state index < -0.39 is 6.10 Å². The number of aromatic nitrogens is 2. The smallest absolute Gasteiger partial charge is 0.202 e. The summed E-state index contributed by atoms with van der Waals surface area (Å²) in [6.45, 7) is 4.48. The number of nitrogens with one attached hydrogen (secondary N) is 1. The van der Waals surface area contributed by atoms with Crippen LogP contribution >= 0.6 is 11.5 Å². The van der Waals surface area contributed by atoms with Crippen LogP contribution in [0.4, 0.5) is 5.13 Å². The highest BCUT2D eigenvalue weighted by Gasteiger charge is 2.09. The third-order valence-corrected chi connectivity index (χ3v) is 3.37. The van der Waals surface area contributed by atoms with Crippen LogP contribution in [0.25, 0.3) is 0 Å². The molecule has 1 unspecified atom stereocenters. The normalized spacial score (nSPS) is 12.4. The van der Waals surface area contributed by atoms with E-state index in [9.17, 15) is 5.11 Å². The molecule has 2 aromatic rings. The summed E-state index contributed by atoms with van der Waals surface area (Å²) in [6, 6.07) is 7.89. The van der Waals surface area contributed by atoms with Gasteiger partial charge >= 0.3 is 0 Å². The van der Waals surface area contributed by atoms with Crippen molar-refractivity contribution >= 4 is 16.7 Å². The number of aliphatic hydroxyl groups is 1. The minimum Gasteiger partial charge on any atom is -0.387 e. The molecule has 1 atom stereocenters. The van der Waals surface area contributed by atoms with Gasteiger partial charge in [-0.15, -0.1) is 0 Å². The van der Waals surface area contributed by atoms with E-state index in [0.29, 0.717) is 6.54 Å². The van der Waals surface area contributed by atoms with Crippen molar-refractivity contribution in [1.82, 2.24) is 9.36 Å². The molecule has 0 amide bonds. The predicted molar refractivity (Wildman–Crippen MR) is 73.9 cm³/mol. The topological polar surface area (TPSA) is 58.0 Å². The number of rotatable bonds is 5. The molecular weight excluding hydrogens is 246 g/mol. The summed E-state index contributed by atoms with van der Waals surface area (Å²) in [4.78, 5) is 4.30. The lowest BCUT2D eigenvalue weighted by Crippen LogP contribution is -2.12. The Balaban J connectivity index is 1.93. The van der Waals surface area contributed by atoms with Crippen molar-refractivity contribution in [2.45, 2.75) is 26.4 Å². The van der Waals surface area contributed by atoms with E-state index in [4.69, 9.17) is 0 Å². The van der Waals surface area contributed by atoms with Gasteiger partial charge in [-0.2, -0.15) is 4.37 Å². The molecule has 5 heteroatoms. The Morgan fingerprint density at radius 3 is 2.94 bits per heavy atom. The molecule has 0 radical (unpaired) electrons.